The number of fused-ring (bicyclic) bond motifs is 1. The minimum atomic E-state index is 0.632. The van der Waals surface area contributed by atoms with Crippen molar-refractivity contribution in [3.05, 3.63) is 18.1 Å². The Labute approximate surface area is 107 Å². The zero-order valence-corrected chi connectivity index (χ0v) is 11.1. The molecule has 0 bridgehead atoms. The number of aromatic nitrogens is 3. The molecule has 0 aliphatic heterocycles. The number of aryl methyl sites for hydroxylation is 1. The predicted octanol–water partition coefficient (Wildman–Crippen LogP) is 3.04. The maximum Gasteiger partial charge on any atom is 0.143 e. The Balaban J connectivity index is 1.97. The number of hydrogen-bond donors (Lipinski definition) is 1. The van der Waals surface area contributed by atoms with Crippen LogP contribution in [0.5, 0.6) is 0 Å². The molecule has 1 fully saturated rings. The van der Waals surface area contributed by atoms with E-state index in [0.29, 0.717) is 6.04 Å². The van der Waals surface area contributed by atoms with Gasteiger partial charge in [-0.05, 0) is 25.8 Å². The van der Waals surface area contributed by atoms with Crippen molar-refractivity contribution in [2.45, 2.75) is 45.1 Å². The van der Waals surface area contributed by atoms with E-state index in [4.69, 9.17) is 0 Å². The summed E-state index contributed by atoms with van der Waals surface area (Å²) in [6.45, 7) is 2.06. The number of nitrogens with one attached hydrogen (secondary N) is 1. The van der Waals surface area contributed by atoms with Crippen molar-refractivity contribution in [2.24, 2.45) is 0 Å². The number of H-pyrrole nitrogens is 1. The fourth-order valence-electron chi connectivity index (χ4n) is 2.98. The number of nitrogens with zero attached hydrogens (tertiary/aromatic N) is 3. The lowest BCUT2D eigenvalue weighted by molar-refractivity contribution is 0.426. The van der Waals surface area contributed by atoms with Crippen LogP contribution >= 0.6 is 0 Å². The average Bonchev–Trinajstić information content (AvgIpc) is 2.79. The molecule has 4 heteroatoms. The topological polar surface area (TPSA) is 44.8 Å². The Morgan fingerprint density at radius 3 is 2.78 bits per heavy atom. The molecule has 1 saturated carbocycles. The summed E-state index contributed by atoms with van der Waals surface area (Å²) in [5.74, 6) is 1.07. The maximum atomic E-state index is 4.49. The van der Waals surface area contributed by atoms with Crippen LogP contribution in [0, 0.1) is 6.92 Å². The van der Waals surface area contributed by atoms with Gasteiger partial charge < -0.3 is 9.88 Å². The summed E-state index contributed by atoms with van der Waals surface area (Å²) in [5.41, 5.74) is 2.09. The summed E-state index contributed by atoms with van der Waals surface area (Å²) in [4.78, 5) is 14.4. The van der Waals surface area contributed by atoms with Crippen molar-refractivity contribution in [1.82, 2.24) is 15.0 Å². The smallest absolute Gasteiger partial charge is 0.143 e. The van der Waals surface area contributed by atoms with E-state index in [9.17, 15) is 0 Å². The first kappa shape index (κ1) is 11.5. The van der Waals surface area contributed by atoms with Crippen LogP contribution in [0.3, 0.4) is 0 Å². The average molecular weight is 244 g/mol. The van der Waals surface area contributed by atoms with Gasteiger partial charge in [0.2, 0.25) is 0 Å². The molecule has 2 heterocycles. The van der Waals surface area contributed by atoms with E-state index in [1.54, 1.807) is 6.33 Å². The van der Waals surface area contributed by atoms with Crippen LogP contribution in [0.2, 0.25) is 0 Å². The molecule has 4 nitrogen and oxygen atoms in total. The first-order chi connectivity index (χ1) is 8.75. The van der Waals surface area contributed by atoms with E-state index in [0.717, 1.165) is 22.5 Å². The maximum absolute atomic E-state index is 4.49. The van der Waals surface area contributed by atoms with Gasteiger partial charge in [0.1, 0.15) is 17.8 Å². The van der Waals surface area contributed by atoms with Crippen LogP contribution in [-0.4, -0.2) is 28.0 Å². The highest BCUT2D eigenvalue weighted by atomic mass is 15.2. The summed E-state index contributed by atoms with van der Waals surface area (Å²) in [5, 5.41) is 1.14. The normalized spacial score (nSPS) is 17.2. The number of hydrogen-bond acceptors (Lipinski definition) is 3. The van der Waals surface area contributed by atoms with Crippen LogP contribution < -0.4 is 4.90 Å². The Kier molecular flexibility index (Phi) is 2.94. The Bertz CT molecular complexity index is 540. The molecule has 2 aromatic heterocycles. The molecular weight excluding hydrogens is 224 g/mol. The van der Waals surface area contributed by atoms with Gasteiger partial charge in [0.15, 0.2) is 0 Å². The van der Waals surface area contributed by atoms with Gasteiger partial charge in [0.25, 0.3) is 0 Å². The highest BCUT2D eigenvalue weighted by molar-refractivity contribution is 5.88. The third-order valence-electron chi connectivity index (χ3n) is 4.00. The molecular formula is C14H20N4. The molecule has 0 radical (unpaired) electrons. The lowest BCUT2D eigenvalue weighted by Crippen LogP contribution is -2.34. The Morgan fingerprint density at radius 2 is 2.00 bits per heavy atom. The number of anilines is 1. The molecule has 1 aliphatic rings. The number of rotatable bonds is 2. The van der Waals surface area contributed by atoms with Crippen LogP contribution in [0.25, 0.3) is 11.0 Å². The molecule has 0 atom stereocenters. The van der Waals surface area contributed by atoms with Crippen molar-refractivity contribution in [2.75, 3.05) is 11.9 Å². The summed E-state index contributed by atoms with van der Waals surface area (Å²) >= 11 is 0. The molecule has 3 rings (SSSR count). The molecule has 0 saturated heterocycles. The van der Waals surface area contributed by atoms with Crippen molar-refractivity contribution in [3.8, 4) is 0 Å². The van der Waals surface area contributed by atoms with Gasteiger partial charge in [0, 0.05) is 18.8 Å². The zero-order chi connectivity index (χ0) is 12.5. The van der Waals surface area contributed by atoms with Gasteiger partial charge >= 0.3 is 0 Å². The second-order valence-electron chi connectivity index (χ2n) is 5.31. The molecule has 1 N–H and O–H groups in total. The van der Waals surface area contributed by atoms with Crippen molar-refractivity contribution in [3.63, 3.8) is 0 Å². The largest absolute Gasteiger partial charge is 0.356 e. The van der Waals surface area contributed by atoms with Crippen LogP contribution in [-0.2, 0) is 0 Å². The van der Waals surface area contributed by atoms with E-state index >= 15 is 0 Å². The fraction of sp³-hybridized carbons (Fsp3) is 0.571. The molecule has 0 amide bonds. The van der Waals surface area contributed by atoms with E-state index in [1.165, 1.54) is 32.1 Å². The monoisotopic (exact) mass is 244 g/mol. The second-order valence-corrected chi connectivity index (χ2v) is 5.31. The third-order valence-corrected chi connectivity index (χ3v) is 4.00. The molecule has 2 aromatic rings. The van der Waals surface area contributed by atoms with Gasteiger partial charge in [-0.3, -0.25) is 0 Å². The summed E-state index contributed by atoms with van der Waals surface area (Å²) in [7, 11) is 2.17. The van der Waals surface area contributed by atoms with Crippen LogP contribution in [0.1, 0.15) is 37.8 Å². The molecule has 1 aliphatic carbocycles. The third kappa shape index (κ3) is 1.96. The minimum absolute atomic E-state index is 0.632. The standard InChI is InChI=1S/C14H20N4/c1-10-8-12-13(17-10)15-9-16-14(12)18(2)11-6-4-3-5-7-11/h8-9,11H,3-7H2,1-2H3,(H,15,16,17). The van der Waals surface area contributed by atoms with E-state index in [2.05, 4.69) is 39.9 Å². The van der Waals surface area contributed by atoms with Gasteiger partial charge in [0.05, 0.1) is 5.39 Å². The van der Waals surface area contributed by atoms with E-state index in [1.807, 2.05) is 0 Å². The van der Waals surface area contributed by atoms with E-state index < -0.39 is 0 Å². The number of aromatic amines is 1. The lowest BCUT2D eigenvalue weighted by Gasteiger charge is -2.32. The molecule has 0 aromatic carbocycles. The first-order valence-corrected chi connectivity index (χ1v) is 6.79. The highest BCUT2D eigenvalue weighted by Crippen LogP contribution is 2.29. The summed E-state index contributed by atoms with van der Waals surface area (Å²) in [6.07, 6.45) is 8.29. The molecule has 0 spiro atoms. The second kappa shape index (κ2) is 4.59. The van der Waals surface area contributed by atoms with Crippen LogP contribution in [0.15, 0.2) is 12.4 Å². The Hall–Kier alpha value is -1.58. The highest BCUT2D eigenvalue weighted by Gasteiger charge is 2.21. The quantitative estimate of drug-likeness (QED) is 0.883. The first-order valence-electron chi connectivity index (χ1n) is 6.79. The van der Waals surface area contributed by atoms with Gasteiger partial charge in [-0.2, -0.15) is 0 Å². The SMILES string of the molecule is Cc1cc2c(N(C)C3CCCCC3)ncnc2[nH]1. The van der Waals surface area contributed by atoms with Crippen molar-refractivity contribution in [1.29, 1.82) is 0 Å². The van der Waals surface area contributed by atoms with Gasteiger partial charge in [-0.1, -0.05) is 19.3 Å². The Morgan fingerprint density at radius 1 is 1.22 bits per heavy atom. The van der Waals surface area contributed by atoms with Crippen LogP contribution in [0.4, 0.5) is 5.82 Å². The molecule has 0 unspecified atom stereocenters. The molecule has 18 heavy (non-hydrogen) atoms. The lowest BCUT2D eigenvalue weighted by atomic mass is 9.94. The summed E-state index contributed by atoms with van der Waals surface area (Å²) < 4.78 is 0. The van der Waals surface area contributed by atoms with Gasteiger partial charge in [-0.15, -0.1) is 0 Å². The predicted molar refractivity (Wildman–Crippen MR) is 73.9 cm³/mol. The zero-order valence-electron chi connectivity index (χ0n) is 11.1. The van der Waals surface area contributed by atoms with Crippen molar-refractivity contribution < 1.29 is 0 Å². The minimum Gasteiger partial charge on any atom is -0.356 e. The van der Waals surface area contributed by atoms with Crippen molar-refractivity contribution >= 4 is 16.9 Å². The van der Waals surface area contributed by atoms with E-state index in [-0.39, 0.29) is 0 Å². The molecule has 96 valence electrons. The van der Waals surface area contributed by atoms with Gasteiger partial charge in [-0.25, -0.2) is 9.97 Å². The fourth-order valence-corrected chi connectivity index (χ4v) is 2.98. The summed E-state index contributed by atoms with van der Waals surface area (Å²) in [6, 6.07) is 2.77.